The Morgan fingerprint density at radius 1 is 1.77 bits per heavy atom. The summed E-state index contributed by atoms with van der Waals surface area (Å²) in [5.41, 5.74) is 7.42. The third-order valence-corrected chi connectivity index (χ3v) is 2.43. The van der Waals surface area contributed by atoms with Crippen molar-refractivity contribution in [3.63, 3.8) is 0 Å². The zero-order chi connectivity index (χ0) is 9.42. The van der Waals surface area contributed by atoms with E-state index in [1.54, 1.807) is 0 Å². The lowest BCUT2D eigenvalue weighted by atomic mass is 10.0. The molecule has 0 aromatic carbocycles. The van der Waals surface area contributed by atoms with E-state index in [4.69, 9.17) is 5.73 Å². The zero-order valence-corrected chi connectivity index (χ0v) is 7.33. The predicted molar refractivity (Wildman–Crippen MR) is 46.1 cm³/mol. The molecule has 0 saturated heterocycles. The van der Waals surface area contributed by atoms with Gasteiger partial charge in [-0.05, 0) is 12.8 Å². The Morgan fingerprint density at radius 3 is 3.23 bits per heavy atom. The standard InChI is InChI=1S/C8H11N3O2/c1-13-8(12)4-2-3-5-6(4)7(9)11-10-5/h4H,2-3H2,1H3,(H3,9,10,11). The molecule has 1 aromatic heterocycles. The number of anilines is 1. The van der Waals surface area contributed by atoms with Crippen LogP contribution in [0, 0.1) is 0 Å². The number of carbonyl (C=O) groups excluding carboxylic acids is 1. The van der Waals surface area contributed by atoms with E-state index < -0.39 is 0 Å². The average Bonchev–Trinajstić information content (AvgIpc) is 2.68. The Labute approximate surface area is 75.3 Å². The number of nitrogens with two attached hydrogens (primary N) is 1. The Morgan fingerprint density at radius 2 is 2.54 bits per heavy atom. The van der Waals surface area contributed by atoms with Gasteiger partial charge in [-0.15, -0.1) is 0 Å². The summed E-state index contributed by atoms with van der Waals surface area (Å²) in [5, 5.41) is 6.66. The first-order chi connectivity index (χ1) is 6.24. The summed E-state index contributed by atoms with van der Waals surface area (Å²) in [6.07, 6.45) is 1.58. The molecule has 0 amide bonds. The van der Waals surface area contributed by atoms with Crippen LogP contribution in [0.5, 0.6) is 0 Å². The number of H-pyrrole nitrogens is 1. The van der Waals surface area contributed by atoms with E-state index in [9.17, 15) is 4.79 Å². The number of hydrogen-bond acceptors (Lipinski definition) is 4. The van der Waals surface area contributed by atoms with Gasteiger partial charge in [0, 0.05) is 11.3 Å². The fourth-order valence-electron chi connectivity index (χ4n) is 1.79. The normalized spacial score (nSPS) is 19.9. The summed E-state index contributed by atoms with van der Waals surface area (Å²) in [5.74, 6) is -0.0338. The van der Waals surface area contributed by atoms with Gasteiger partial charge in [-0.1, -0.05) is 0 Å². The number of nitrogens with one attached hydrogen (secondary N) is 1. The molecule has 2 rings (SSSR count). The van der Waals surface area contributed by atoms with Crippen LogP contribution in [0.25, 0.3) is 0 Å². The van der Waals surface area contributed by atoms with Gasteiger partial charge in [-0.3, -0.25) is 9.89 Å². The van der Waals surface area contributed by atoms with E-state index in [1.165, 1.54) is 7.11 Å². The van der Waals surface area contributed by atoms with E-state index >= 15 is 0 Å². The van der Waals surface area contributed by atoms with Gasteiger partial charge < -0.3 is 10.5 Å². The number of methoxy groups -OCH3 is 1. The molecule has 5 heteroatoms. The summed E-state index contributed by atoms with van der Waals surface area (Å²) in [4.78, 5) is 11.3. The summed E-state index contributed by atoms with van der Waals surface area (Å²) in [6, 6.07) is 0. The summed E-state index contributed by atoms with van der Waals surface area (Å²) < 4.78 is 4.68. The van der Waals surface area contributed by atoms with Crippen LogP contribution < -0.4 is 5.73 Å². The minimum Gasteiger partial charge on any atom is -0.469 e. The molecule has 0 radical (unpaired) electrons. The highest BCUT2D eigenvalue weighted by Crippen LogP contribution is 2.35. The van der Waals surface area contributed by atoms with Gasteiger partial charge in [0.15, 0.2) is 0 Å². The smallest absolute Gasteiger partial charge is 0.313 e. The van der Waals surface area contributed by atoms with Crippen LogP contribution in [0.4, 0.5) is 5.82 Å². The monoisotopic (exact) mass is 181 g/mol. The van der Waals surface area contributed by atoms with Gasteiger partial charge in [0.2, 0.25) is 0 Å². The molecule has 0 aliphatic heterocycles. The third kappa shape index (κ3) is 1.07. The van der Waals surface area contributed by atoms with Gasteiger partial charge >= 0.3 is 5.97 Å². The maximum Gasteiger partial charge on any atom is 0.313 e. The Kier molecular flexibility index (Phi) is 1.72. The van der Waals surface area contributed by atoms with Crippen LogP contribution in [0.1, 0.15) is 23.6 Å². The Balaban J connectivity index is 2.36. The lowest BCUT2D eigenvalue weighted by molar-refractivity contribution is -0.142. The van der Waals surface area contributed by atoms with Crippen LogP contribution in [0.2, 0.25) is 0 Å². The highest BCUT2D eigenvalue weighted by Gasteiger charge is 2.33. The Bertz CT molecular complexity index is 345. The van der Waals surface area contributed by atoms with Crippen molar-refractivity contribution in [2.45, 2.75) is 18.8 Å². The number of esters is 1. The third-order valence-electron chi connectivity index (χ3n) is 2.43. The second kappa shape index (κ2) is 2.76. The maximum atomic E-state index is 11.3. The van der Waals surface area contributed by atoms with Crippen molar-refractivity contribution < 1.29 is 9.53 Å². The topological polar surface area (TPSA) is 81.0 Å². The number of aromatic amines is 1. The molecule has 0 spiro atoms. The minimum atomic E-state index is -0.230. The lowest BCUT2D eigenvalue weighted by Gasteiger charge is -2.06. The van der Waals surface area contributed by atoms with E-state index in [1.807, 2.05) is 0 Å². The number of fused-ring (bicyclic) bond motifs is 1. The second-order valence-corrected chi connectivity index (χ2v) is 3.12. The maximum absolute atomic E-state index is 11.3. The molecule has 0 saturated carbocycles. The zero-order valence-electron chi connectivity index (χ0n) is 7.33. The van der Waals surface area contributed by atoms with E-state index in [0.29, 0.717) is 5.82 Å². The van der Waals surface area contributed by atoms with Crippen molar-refractivity contribution in [1.29, 1.82) is 0 Å². The van der Waals surface area contributed by atoms with Crippen molar-refractivity contribution in [3.8, 4) is 0 Å². The molecular formula is C8H11N3O2. The Hall–Kier alpha value is -1.52. The van der Waals surface area contributed by atoms with Crippen molar-refractivity contribution in [3.05, 3.63) is 11.3 Å². The molecule has 0 bridgehead atoms. The molecule has 1 aliphatic rings. The lowest BCUT2D eigenvalue weighted by Crippen LogP contribution is -2.12. The SMILES string of the molecule is COC(=O)C1CCc2[nH]nc(N)c21. The summed E-state index contributed by atoms with van der Waals surface area (Å²) >= 11 is 0. The second-order valence-electron chi connectivity index (χ2n) is 3.12. The molecular weight excluding hydrogens is 170 g/mol. The van der Waals surface area contributed by atoms with Gasteiger partial charge in [-0.2, -0.15) is 5.10 Å². The average molecular weight is 181 g/mol. The molecule has 1 aromatic rings. The number of aromatic nitrogens is 2. The number of rotatable bonds is 1. The summed E-state index contributed by atoms with van der Waals surface area (Å²) in [7, 11) is 1.39. The number of hydrogen-bond donors (Lipinski definition) is 2. The van der Waals surface area contributed by atoms with Crippen LogP contribution in [0.3, 0.4) is 0 Å². The highest BCUT2D eigenvalue weighted by atomic mass is 16.5. The quantitative estimate of drug-likeness (QED) is 0.606. The van der Waals surface area contributed by atoms with Gasteiger partial charge in [-0.25, -0.2) is 0 Å². The van der Waals surface area contributed by atoms with Crippen LogP contribution in [0.15, 0.2) is 0 Å². The van der Waals surface area contributed by atoms with Gasteiger partial charge in [0.1, 0.15) is 5.82 Å². The molecule has 1 aliphatic carbocycles. The summed E-state index contributed by atoms with van der Waals surface area (Å²) in [6.45, 7) is 0. The van der Waals surface area contributed by atoms with Gasteiger partial charge in [0.25, 0.3) is 0 Å². The fourth-order valence-corrected chi connectivity index (χ4v) is 1.79. The van der Waals surface area contributed by atoms with Crippen LogP contribution in [-0.4, -0.2) is 23.3 Å². The molecule has 5 nitrogen and oxygen atoms in total. The molecule has 3 N–H and O–H groups in total. The molecule has 1 unspecified atom stereocenters. The largest absolute Gasteiger partial charge is 0.469 e. The fraction of sp³-hybridized carbons (Fsp3) is 0.500. The number of carbonyl (C=O) groups is 1. The highest BCUT2D eigenvalue weighted by molar-refractivity contribution is 5.81. The van der Waals surface area contributed by atoms with E-state index in [-0.39, 0.29) is 11.9 Å². The van der Waals surface area contributed by atoms with E-state index in [2.05, 4.69) is 14.9 Å². The first-order valence-electron chi connectivity index (χ1n) is 4.14. The van der Waals surface area contributed by atoms with Crippen LogP contribution >= 0.6 is 0 Å². The molecule has 13 heavy (non-hydrogen) atoms. The van der Waals surface area contributed by atoms with Crippen molar-refractivity contribution in [2.75, 3.05) is 12.8 Å². The number of ether oxygens (including phenoxy) is 1. The molecule has 70 valence electrons. The minimum absolute atomic E-state index is 0.223. The first-order valence-corrected chi connectivity index (χ1v) is 4.14. The first kappa shape index (κ1) is 8.10. The van der Waals surface area contributed by atoms with Crippen molar-refractivity contribution in [2.24, 2.45) is 0 Å². The van der Waals surface area contributed by atoms with Crippen molar-refractivity contribution >= 4 is 11.8 Å². The number of nitrogen functional groups attached to an aromatic ring is 1. The number of aryl methyl sites for hydroxylation is 1. The molecule has 1 heterocycles. The van der Waals surface area contributed by atoms with Crippen LogP contribution in [-0.2, 0) is 16.0 Å². The van der Waals surface area contributed by atoms with E-state index in [0.717, 1.165) is 24.1 Å². The molecule has 1 atom stereocenters. The molecule has 0 fully saturated rings. The van der Waals surface area contributed by atoms with Gasteiger partial charge in [0.05, 0.1) is 13.0 Å². The van der Waals surface area contributed by atoms with Crippen molar-refractivity contribution in [1.82, 2.24) is 10.2 Å². The number of nitrogens with zero attached hydrogens (tertiary/aromatic N) is 1. The predicted octanol–water partition coefficient (Wildman–Crippen LogP) is 0.195.